The number of aromatic nitrogens is 1. The van der Waals surface area contributed by atoms with Gasteiger partial charge in [-0.15, -0.1) is 0 Å². The predicted molar refractivity (Wildman–Crippen MR) is 76.6 cm³/mol. The number of pyridine rings is 1. The molecule has 17 heavy (non-hydrogen) atoms. The third-order valence-corrected chi connectivity index (χ3v) is 3.39. The van der Waals surface area contributed by atoms with E-state index in [1.807, 2.05) is 19.2 Å². The minimum absolute atomic E-state index is 0.401. The van der Waals surface area contributed by atoms with Gasteiger partial charge in [-0.3, -0.25) is 0 Å². The Morgan fingerprint density at radius 2 is 2.35 bits per heavy atom. The highest BCUT2D eigenvalue weighted by atomic mass is 32.1. The number of hydrogen-bond acceptors (Lipinski definition) is 4. The molecule has 88 valence electrons. The van der Waals surface area contributed by atoms with E-state index in [4.69, 9.17) is 18.0 Å². The summed E-state index contributed by atoms with van der Waals surface area (Å²) in [5.74, 6) is 0.876. The van der Waals surface area contributed by atoms with Crippen LogP contribution in [0, 0.1) is 0 Å². The summed E-state index contributed by atoms with van der Waals surface area (Å²) in [6.07, 6.45) is 1.73. The van der Waals surface area contributed by atoms with Gasteiger partial charge in [0, 0.05) is 25.4 Å². The van der Waals surface area contributed by atoms with E-state index in [-0.39, 0.29) is 0 Å². The molecule has 0 fully saturated rings. The number of rotatable bonds is 4. The number of anilines is 1. The van der Waals surface area contributed by atoms with Crippen LogP contribution in [0.3, 0.4) is 0 Å². The molecule has 0 aliphatic heterocycles. The van der Waals surface area contributed by atoms with E-state index in [0.717, 1.165) is 17.9 Å². The van der Waals surface area contributed by atoms with Crippen LogP contribution in [0.25, 0.3) is 0 Å². The molecule has 0 atom stereocenters. The van der Waals surface area contributed by atoms with Gasteiger partial charge in [0.1, 0.15) is 10.8 Å². The van der Waals surface area contributed by atoms with Crippen molar-refractivity contribution in [3.05, 3.63) is 46.3 Å². The minimum atomic E-state index is 0.401. The van der Waals surface area contributed by atoms with Gasteiger partial charge in [0.2, 0.25) is 0 Å². The molecule has 5 heteroatoms. The fourth-order valence-corrected chi connectivity index (χ4v) is 2.30. The molecule has 2 heterocycles. The van der Waals surface area contributed by atoms with E-state index in [9.17, 15) is 0 Å². The number of thiocarbonyl (C=S) groups is 1. The second kappa shape index (κ2) is 5.25. The quantitative estimate of drug-likeness (QED) is 0.860. The van der Waals surface area contributed by atoms with Gasteiger partial charge in [-0.2, -0.15) is 11.3 Å². The SMILES string of the molecule is CN(Cc1ccsc1)c1cc(C(N)=S)ccn1. The van der Waals surface area contributed by atoms with Crippen LogP contribution in [0.1, 0.15) is 11.1 Å². The van der Waals surface area contributed by atoms with Crippen molar-refractivity contribution in [1.82, 2.24) is 4.98 Å². The van der Waals surface area contributed by atoms with Crippen LogP contribution in [0.2, 0.25) is 0 Å². The van der Waals surface area contributed by atoms with Crippen molar-refractivity contribution in [3.63, 3.8) is 0 Å². The van der Waals surface area contributed by atoms with Gasteiger partial charge in [-0.05, 0) is 34.5 Å². The van der Waals surface area contributed by atoms with Gasteiger partial charge in [-0.1, -0.05) is 12.2 Å². The third-order valence-electron chi connectivity index (χ3n) is 2.42. The zero-order valence-electron chi connectivity index (χ0n) is 9.46. The molecule has 2 rings (SSSR count). The number of nitrogens with two attached hydrogens (primary N) is 1. The normalized spacial score (nSPS) is 10.2. The van der Waals surface area contributed by atoms with Crippen molar-refractivity contribution in [2.75, 3.05) is 11.9 Å². The van der Waals surface area contributed by atoms with Crippen LogP contribution in [0.4, 0.5) is 5.82 Å². The Hall–Kier alpha value is -1.46. The molecular weight excluding hydrogens is 250 g/mol. The molecular formula is C12H13N3S2. The number of nitrogens with zero attached hydrogens (tertiary/aromatic N) is 2. The van der Waals surface area contributed by atoms with E-state index in [1.54, 1.807) is 17.5 Å². The van der Waals surface area contributed by atoms with Crippen molar-refractivity contribution in [3.8, 4) is 0 Å². The molecule has 0 spiro atoms. The van der Waals surface area contributed by atoms with E-state index in [2.05, 4.69) is 26.7 Å². The van der Waals surface area contributed by atoms with Gasteiger partial charge in [-0.25, -0.2) is 4.98 Å². The highest BCUT2D eigenvalue weighted by molar-refractivity contribution is 7.80. The fraction of sp³-hybridized carbons (Fsp3) is 0.167. The van der Waals surface area contributed by atoms with Gasteiger partial charge >= 0.3 is 0 Å². The zero-order valence-corrected chi connectivity index (χ0v) is 11.1. The van der Waals surface area contributed by atoms with Crippen molar-refractivity contribution >= 4 is 34.4 Å². The van der Waals surface area contributed by atoms with Gasteiger partial charge in [0.05, 0.1) is 0 Å². The molecule has 0 unspecified atom stereocenters. The number of thiophene rings is 1. The predicted octanol–water partition coefficient (Wildman–Crippen LogP) is 2.41. The first-order chi connectivity index (χ1) is 8.16. The molecule has 0 aliphatic rings. The van der Waals surface area contributed by atoms with Crippen molar-refractivity contribution in [2.45, 2.75) is 6.54 Å². The zero-order chi connectivity index (χ0) is 12.3. The Balaban J connectivity index is 2.16. The fourth-order valence-electron chi connectivity index (χ4n) is 1.52. The smallest absolute Gasteiger partial charge is 0.129 e. The summed E-state index contributed by atoms with van der Waals surface area (Å²) in [5.41, 5.74) is 7.73. The Labute approximate surface area is 110 Å². The summed E-state index contributed by atoms with van der Waals surface area (Å²) in [6.45, 7) is 0.831. The summed E-state index contributed by atoms with van der Waals surface area (Å²) in [6, 6.07) is 5.84. The van der Waals surface area contributed by atoms with Crippen LogP contribution in [0.5, 0.6) is 0 Å². The molecule has 0 aliphatic carbocycles. The average molecular weight is 263 g/mol. The summed E-state index contributed by atoms with van der Waals surface area (Å²) < 4.78 is 0. The highest BCUT2D eigenvalue weighted by Gasteiger charge is 2.05. The third kappa shape index (κ3) is 3.01. The minimum Gasteiger partial charge on any atom is -0.389 e. The van der Waals surface area contributed by atoms with Crippen LogP contribution >= 0.6 is 23.6 Å². The maximum atomic E-state index is 5.61. The molecule has 0 saturated heterocycles. The van der Waals surface area contributed by atoms with E-state index in [0.29, 0.717) is 4.99 Å². The lowest BCUT2D eigenvalue weighted by Crippen LogP contribution is -2.18. The molecule has 0 bridgehead atoms. The highest BCUT2D eigenvalue weighted by Crippen LogP contribution is 2.15. The Bertz CT molecular complexity index is 508. The lowest BCUT2D eigenvalue weighted by atomic mass is 10.2. The maximum absolute atomic E-state index is 5.61. The first kappa shape index (κ1) is 12.0. The Morgan fingerprint density at radius 3 is 3.00 bits per heavy atom. The molecule has 2 aromatic rings. The van der Waals surface area contributed by atoms with Gasteiger partial charge in [0.15, 0.2) is 0 Å². The first-order valence-electron chi connectivity index (χ1n) is 5.15. The van der Waals surface area contributed by atoms with Crippen LogP contribution in [-0.2, 0) is 6.54 Å². The van der Waals surface area contributed by atoms with E-state index >= 15 is 0 Å². The molecule has 0 amide bonds. The van der Waals surface area contributed by atoms with Crippen molar-refractivity contribution < 1.29 is 0 Å². The van der Waals surface area contributed by atoms with Crippen LogP contribution in [-0.4, -0.2) is 17.0 Å². The monoisotopic (exact) mass is 263 g/mol. The number of hydrogen-bond donors (Lipinski definition) is 1. The Morgan fingerprint density at radius 1 is 1.53 bits per heavy atom. The molecule has 2 aromatic heterocycles. The molecule has 2 N–H and O–H groups in total. The second-order valence-corrected chi connectivity index (χ2v) is 4.97. The maximum Gasteiger partial charge on any atom is 0.129 e. The molecule has 0 radical (unpaired) electrons. The van der Waals surface area contributed by atoms with Crippen LogP contribution < -0.4 is 10.6 Å². The first-order valence-corrected chi connectivity index (χ1v) is 6.50. The Kier molecular flexibility index (Phi) is 3.71. The average Bonchev–Trinajstić information content (AvgIpc) is 2.82. The lowest BCUT2D eigenvalue weighted by molar-refractivity contribution is 0.901. The molecule has 0 aromatic carbocycles. The summed E-state index contributed by atoms with van der Waals surface area (Å²) in [4.78, 5) is 6.79. The lowest BCUT2D eigenvalue weighted by Gasteiger charge is -2.17. The summed E-state index contributed by atoms with van der Waals surface area (Å²) in [5, 5.41) is 4.20. The largest absolute Gasteiger partial charge is 0.389 e. The van der Waals surface area contributed by atoms with Crippen LogP contribution in [0.15, 0.2) is 35.2 Å². The van der Waals surface area contributed by atoms with Gasteiger partial charge in [0.25, 0.3) is 0 Å². The van der Waals surface area contributed by atoms with Gasteiger partial charge < -0.3 is 10.6 Å². The molecule has 3 nitrogen and oxygen atoms in total. The van der Waals surface area contributed by atoms with Crippen molar-refractivity contribution in [2.24, 2.45) is 5.73 Å². The summed E-state index contributed by atoms with van der Waals surface area (Å²) in [7, 11) is 2.00. The standard InChI is InChI=1S/C12H13N3S2/c1-15(7-9-3-5-17-8-9)11-6-10(12(13)16)2-4-14-11/h2-6,8H,7H2,1H3,(H2,13,16). The van der Waals surface area contributed by atoms with Crippen molar-refractivity contribution in [1.29, 1.82) is 0 Å². The van der Waals surface area contributed by atoms with E-state index in [1.165, 1.54) is 5.56 Å². The molecule has 0 saturated carbocycles. The van der Waals surface area contributed by atoms with E-state index < -0.39 is 0 Å². The summed E-state index contributed by atoms with van der Waals surface area (Å²) >= 11 is 6.65. The second-order valence-electron chi connectivity index (χ2n) is 3.75. The topological polar surface area (TPSA) is 42.1 Å².